The van der Waals surface area contributed by atoms with E-state index in [0.717, 1.165) is 0 Å². The summed E-state index contributed by atoms with van der Waals surface area (Å²) in [5, 5.41) is 4.50. The summed E-state index contributed by atoms with van der Waals surface area (Å²) in [7, 11) is 1.68. The van der Waals surface area contributed by atoms with E-state index in [2.05, 4.69) is 10.1 Å². The topological polar surface area (TPSA) is 56.7 Å². The molecule has 1 aromatic heterocycles. The van der Waals surface area contributed by atoms with Crippen molar-refractivity contribution in [2.24, 2.45) is 12.8 Å². The summed E-state index contributed by atoms with van der Waals surface area (Å²) in [6.07, 6.45) is 0. The lowest BCUT2D eigenvalue weighted by Gasteiger charge is -2.02. The summed E-state index contributed by atoms with van der Waals surface area (Å²) in [6, 6.07) is 4.30. The first-order valence-electron chi connectivity index (χ1n) is 4.67. The van der Waals surface area contributed by atoms with Gasteiger partial charge in [-0.15, -0.1) is 0 Å². The predicted molar refractivity (Wildman–Crippen MR) is 59.3 cm³/mol. The molecular weight excluding hydrogens is 231 g/mol. The highest BCUT2D eigenvalue weighted by Gasteiger charge is 2.13. The van der Waals surface area contributed by atoms with Crippen LogP contribution in [0.3, 0.4) is 0 Å². The van der Waals surface area contributed by atoms with Crippen molar-refractivity contribution >= 4 is 11.6 Å². The first kappa shape index (κ1) is 11.0. The maximum Gasteiger partial charge on any atom is 0.164 e. The van der Waals surface area contributed by atoms with E-state index >= 15 is 0 Å². The molecule has 2 aromatic rings. The standard InChI is InChI=1S/C10H10ClFN4/c1-16-10(14-9(5-13)15-16)7-4-6(11)2-3-8(7)12/h2-4H,5,13H2,1H3. The second-order valence-electron chi connectivity index (χ2n) is 3.30. The van der Waals surface area contributed by atoms with Crippen LogP contribution in [0.5, 0.6) is 0 Å². The van der Waals surface area contributed by atoms with Crippen LogP contribution in [0, 0.1) is 5.82 Å². The van der Waals surface area contributed by atoms with Gasteiger partial charge in [-0.3, -0.25) is 0 Å². The zero-order valence-corrected chi connectivity index (χ0v) is 9.37. The maximum atomic E-state index is 13.6. The van der Waals surface area contributed by atoms with Crippen LogP contribution in [0.25, 0.3) is 11.4 Å². The lowest BCUT2D eigenvalue weighted by molar-refractivity contribution is 0.627. The summed E-state index contributed by atoms with van der Waals surface area (Å²) < 4.78 is 15.1. The minimum atomic E-state index is -0.386. The average molecular weight is 241 g/mol. The summed E-state index contributed by atoms with van der Waals surface area (Å²) in [4.78, 5) is 4.13. The number of halogens is 2. The molecule has 0 saturated heterocycles. The van der Waals surface area contributed by atoms with Crippen LogP contribution < -0.4 is 5.73 Å². The number of rotatable bonds is 2. The van der Waals surface area contributed by atoms with E-state index in [1.807, 2.05) is 0 Å². The lowest BCUT2D eigenvalue weighted by Crippen LogP contribution is -1.99. The Morgan fingerprint density at radius 3 is 2.88 bits per heavy atom. The number of nitrogens with zero attached hydrogens (tertiary/aromatic N) is 3. The largest absolute Gasteiger partial charge is 0.324 e. The minimum Gasteiger partial charge on any atom is -0.324 e. The van der Waals surface area contributed by atoms with E-state index in [0.29, 0.717) is 22.2 Å². The van der Waals surface area contributed by atoms with Crippen LogP contribution in [0.15, 0.2) is 18.2 Å². The lowest BCUT2D eigenvalue weighted by atomic mass is 10.2. The van der Waals surface area contributed by atoms with Crippen molar-refractivity contribution in [1.82, 2.24) is 14.8 Å². The van der Waals surface area contributed by atoms with Crippen LogP contribution in [-0.4, -0.2) is 14.8 Å². The Bertz CT molecular complexity index is 524. The Balaban J connectivity index is 2.57. The number of aryl methyl sites for hydroxylation is 1. The third-order valence-electron chi connectivity index (χ3n) is 2.16. The molecule has 1 aromatic carbocycles. The van der Waals surface area contributed by atoms with Crippen LogP contribution in [0.4, 0.5) is 4.39 Å². The molecule has 0 amide bonds. The fraction of sp³-hybridized carbons (Fsp3) is 0.200. The highest BCUT2D eigenvalue weighted by atomic mass is 35.5. The van der Waals surface area contributed by atoms with Crippen molar-refractivity contribution in [2.45, 2.75) is 6.54 Å². The molecule has 6 heteroatoms. The molecule has 84 valence electrons. The second kappa shape index (κ2) is 4.19. The Morgan fingerprint density at radius 1 is 1.50 bits per heavy atom. The number of benzene rings is 1. The van der Waals surface area contributed by atoms with Crippen molar-refractivity contribution in [3.05, 3.63) is 34.9 Å². The molecule has 0 aliphatic heterocycles. The molecule has 0 fully saturated rings. The number of aromatic nitrogens is 3. The fourth-order valence-electron chi connectivity index (χ4n) is 1.43. The van der Waals surface area contributed by atoms with Crippen molar-refractivity contribution in [1.29, 1.82) is 0 Å². The molecule has 0 radical (unpaired) electrons. The van der Waals surface area contributed by atoms with Crippen LogP contribution in [0.1, 0.15) is 5.82 Å². The minimum absolute atomic E-state index is 0.218. The van der Waals surface area contributed by atoms with E-state index < -0.39 is 0 Å². The second-order valence-corrected chi connectivity index (χ2v) is 3.74. The van der Waals surface area contributed by atoms with Gasteiger partial charge in [0, 0.05) is 12.1 Å². The molecule has 0 spiro atoms. The maximum absolute atomic E-state index is 13.6. The van der Waals surface area contributed by atoms with Gasteiger partial charge < -0.3 is 5.73 Å². The van der Waals surface area contributed by atoms with Crippen LogP contribution >= 0.6 is 11.6 Å². The number of hydrogen-bond donors (Lipinski definition) is 1. The molecule has 1 heterocycles. The van der Waals surface area contributed by atoms with Gasteiger partial charge in [-0.05, 0) is 18.2 Å². The predicted octanol–water partition coefficient (Wildman–Crippen LogP) is 1.73. The van der Waals surface area contributed by atoms with Gasteiger partial charge in [0.25, 0.3) is 0 Å². The molecule has 4 nitrogen and oxygen atoms in total. The highest BCUT2D eigenvalue weighted by Crippen LogP contribution is 2.24. The summed E-state index contributed by atoms with van der Waals surface area (Å²) >= 11 is 5.81. The van der Waals surface area contributed by atoms with Crippen molar-refractivity contribution < 1.29 is 4.39 Å². The van der Waals surface area contributed by atoms with Crippen molar-refractivity contribution in [2.75, 3.05) is 0 Å². The molecule has 2 N–H and O–H groups in total. The zero-order chi connectivity index (χ0) is 11.7. The number of hydrogen-bond acceptors (Lipinski definition) is 3. The van der Waals surface area contributed by atoms with E-state index in [-0.39, 0.29) is 12.4 Å². The van der Waals surface area contributed by atoms with Gasteiger partial charge >= 0.3 is 0 Å². The van der Waals surface area contributed by atoms with Gasteiger partial charge in [-0.1, -0.05) is 11.6 Å². The Labute approximate surface area is 96.9 Å². The SMILES string of the molecule is Cn1nc(CN)nc1-c1cc(Cl)ccc1F. The summed E-state index contributed by atoms with van der Waals surface area (Å²) in [6.45, 7) is 0.218. The Kier molecular flexibility index (Phi) is 2.89. The van der Waals surface area contributed by atoms with Crippen LogP contribution in [0.2, 0.25) is 5.02 Å². The third-order valence-corrected chi connectivity index (χ3v) is 2.39. The molecular formula is C10H10ClFN4. The van der Waals surface area contributed by atoms with E-state index in [1.165, 1.54) is 22.9 Å². The van der Waals surface area contributed by atoms with Crippen molar-refractivity contribution in [3.8, 4) is 11.4 Å². The van der Waals surface area contributed by atoms with Crippen LogP contribution in [-0.2, 0) is 13.6 Å². The monoisotopic (exact) mass is 240 g/mol. The summed E-state index contributed by atoms with van der Waals surface area (Å²) in [5.41, 5.74) is 5.74. The molecule has 0 saturated carbocycles. The van der Waals surface area contributed by atoms with Gasteiger partial charge in [-0.2, -0.15) is 5.10 Å². The molecule has 0 bridgehead atoms. The molecule has 0 atom stereocenters. The van der Waals surface area contributed by atoms with Crippen molar-refractivity contribution in [3.63, 3.8) is 0 Å². The first-order chi connectivity index (χ1) is 7.61. The zero-order valence-electron chi connectivity index (χ0n) is 8.61. The fourth-order valence-corrected chi connectivity index (χ4v) is 1.60. The Hall–Kier alpha value is -1.46. The quantitative estimate of drug-likeness (QED) is 0.870. The third kappa shape index (κ3) is 1.91. The molecule has 2 rings (SSSR count). The van der Waals surface area contributed by atoms with Gasteiger partial charge in [0.1, 0.15) is 5.82 Å². The molecule has 0 aliphatic rings. The van der Waals surface area contributed by atoms with Gasteiger partial charge in [0.2, 0.25) is 0 Å². The first-order valence-corrected chi connectivity index (χ1v) is 5.05. The van der Waals surface area contributed by atoms with Gasteiger partial charge in [-0.25, -0.2) is 14.1 Å². The molecule has 0 aliphatic carbocycles. The molecule has 0 unspecified atom stereocenters. The normalized spacial score (nSPS) is 10.8. The highest BCUT2D eigenvalue weighted by molar-refractivity contribution is 6.30. The smallest absolute Gasteiger partial charge is 0.164 e. The number of nitrogens with two attached hydrogens (primary N) is 1. The van der Waals surface area contributed by atoms with E-state index in [1.54, 1.807) is 7.05 Å². The Morgan fingerprint density at radius 2 is 2.25 bits per heavy atom. The molecule has 16 heavy (non-hydrogen) atoms. The van der Waals surface area contributed by atoms with E-state index in [9.17, 15) is 4.39 Å². The summed E-state index contributed by atoms with van der Waals surface area (Å²) in [5.74, 6) is 0.501. The van der Waals surface area contributed by atoms with E-state index in [4.69, 9.17) is 17.3 Å². The van der Waals surface area contributed by atoms with Gasteiger partial charge in [0.15, 0.2) is 11.6 Å². The average Bonchev–Trinajstić information content (AvgIpc) is 2.63. The van der Waals surface area contributed by atoms with Gasteiger partial charge in [0.05, 0.1) is 12.1 Å².